The van der Waals surface area contributed by atoms with E-state index in [1.54, 1.807) is 7.11 Å². The molecule has 0 saturated carbocycles. The van der Waals surface area contributed by atoms with Gasteiger partial charge < -0.3 is 15.2 Å². The molecule has 10 heavy (non-hydrogen) atoms. The fraction of sp³-hybridized carbons (Fsp3) is 1.00. The topological polar surface area (TPSA) is 44.5 Å². The first-order valence-corrected chi connectivity index (χ1v) is 3.58. The van der Waals surface area contributed by atoms with Gasteiger partial charge in [0, 0.05) is 20.3 Å². The van der Waals surface area contributed by atoms with Crippen LogP contribution in [0, 0.1) is 5.92 Å². The van der Waals surface area contributed by atoms with Crippen molar-refractivity contribution in [3.8, 4) is 0 Å². The number of rotatable bonds is 6. The van der Waals surface area contributed by atoms with Crippen LogP contribution >= 0.6 is 0 Å². The van der Waals surface area contributed by atoms with Crippen molar-refractivity contribution >= 4 is 0 Å². The second-order valence-electron chi connectivity index (χ2n) is 2.42. The summed E-state index contributed by atoms with van der Waals surface area (Å²) in [5.74, 6) is 0.566. The highest BCUT2D eigenvalue weighted by Crippen LogP contribution is 2.00. The predicted molar refractivity (Wildman–Crippen MR) is 40.7 cm³/mol. The Labute approximate surface area is 62.5 Å². The summed E-state index contributed by atoms with van der Waals surface area (Å²) in [6, 6.07) is 0. The SMILES string of the molecule is COCC(C)CCOCN. The van der Waals surface area contributed by atoms with Crippen molar-refractivity contribution < 1.29 is 9.47 Å². The van der Waals surface area contributed by atoms with Gasteiger partial charge in [0.05, 0.1) is 6.73 Å². The maximum absolute atomic E-state index is 5.14. The van der Waals surface area contributed by atoms with Gasteiger partial charge in [0.1, 0.15) is 0 Å². The van der Waals surface area contributed by atoms with Crippen molar-refractivity contribution in [3.63, 3.8) is 0 Å². The summed E-state index contributed by atoms with van der Waals surface area (Å²) in [6.45, 7) is 3.98. The van der Waals surface area contributed by atoms with Crippen molar-refractivity contribution in [2.75, 3.05) is 27.1 Å². The molecule has 62 valence electrons. The van der Waals surface area contributed by atoms with Gasteiger partial charge in [0.15, 0.2) is 0 Å². The van der Waals surface area contributed by atoms with Crippen molar-refractivity contribution in [3.05, 3.63) is 0 Å². The second kappa shape index (κ2) is 6.99. The second-order valence-corrected chi connectivity index (χ2v) is 2.42. The van der Waals surface area contributed by atoms with E-state index in [0.717, 1.165) is 19.6 Å². The van der Waals surface area contributed by atoms with Gasteiger partial charge in [0.25, 0.3) is 0 Å². The van der Waals surface area contributed by atoms with E-state index in [1.165, 1.54) is 0 Å². The molecule has 0 aliphatic rings. The smallest absolute Gasteiger partial charge is 0.0940 e. The minimum atomic E-state index is 0.319. The number of methoxy groups -OCH3 is 1. The Hall–Kier alpha value is -0.120. The monoisotopic (exact) mass is 147 g/mol. The molecule has 3 nitrogen and oxygen atoms in total. The molecule has 2 N–H and O–H groups in total. The molecule has 0 aromatic carbocycles. The third-order valence-corrected chi connectivity index (χ3v) is 1.32. The molecular weight excluding hydrogens is 130 g/mol. The van der Waals surface area contributed by atoms with E-state index in [4.69, 9.17) is 15.2 Å². The zero-order valence-corrected chi connectivity index (χ0v) is 6.80. The molecule has 0 radical (unpaired) electrons. The first-order chi connectivity index (χ1) is 4.81. The molecule has 0 bridgehead atoms. The van der Waals surface area contributed by atoms with E-state index in [-0.39, 0.29) is 0 Å². The predicted octanol–water partition coefficient (Wildman–Crippen LogP) is 0.592. The van der Waals surface area contributed by atoms with Crippen LogP contribution in [0.1, 0.15) is 13.3 Å². The maximum Gasteiger partial charge on any atom is 0.0940 e. The average molecular weight is 147 g/mol. The van der Waals surface area contributed by atoms with Crippen LogP contribution in [0.4, 0.5) is 0 Å². The highest BCUT2D eigenvalue weighted by molar-refractivity contribution is 4.48. The number of hydrogen-bond acceptors (Lipinski definition) is 3. The lowest BCUT2D eigenvalue weighted by molar-refractivity contribution is 0.101. The summed E-state index contributed by atoms with van der Waals surface area (Å²) in [6.07, 6.45) is 1.02. The summed E-state index contributed by atoms with van der Waals surface area (Å²) >= 11 is 0. The van der Waals surface area contributed by atoms with Crippen molar-refractivity contribution in [2.45, 2.75) is 13.3 Å². The Morgan fingerprint density at radius 3 is 2.70 bits per heavy atom. The first-order valence-electron chi connectivity index (χ1n) is 3.58. The lowest BCUT2D eigenvalue weighted by Gasteiger charge is -2.08. The molecule has 0 rings (SSSR count). The number of nitrogens with two attached hydrogens (primary N) is 1. The average Bonchev–Trinajstić information content (AvgIpc) is 1.89. The van der Waals surface area contributed by atoms with Gasteiger partial charge in [-0.3, -0.25) is 0 Å². The van der Waals surface area contributed by atoms with Gasteiger partial charge in [-0.1, -0.05) is 6.92 Å². The van der Waals surface area contributed by atoms with E-state index in [9.17, 15) is 0 Å². The fourth-order valence-corrected chi connectivity index (χ4v) is 0.736. The van der Waals surface area contributed by atoms with Gasteiger partial charge in [0.2, 0.25) is 0 Å². The minimum Gasteiger partial charge on any atom is -0.384 e. The summed E-state index contributed by atoms with van der Waals surface area (Å²) < 4.78 is 9.92. The largest absolute Gasteiger partial charge is 0.384 e. The number of hydrogen-bond donors (Lipinski definition) is 1. The van der Waals surface area contributed by atoms with E-state index in [1.807, 2.05) is 0 Å². The Kier molecular flexibility index (Phi) is 6.91. The van der Waals surface area contributed by atoms with Crippen LogP contribution in [0.2, 0.25) is 0 Å². The van der Waals surface area contributed by atoms with Crippen LogP contribution in [-0.2, 0) is 9.47 Å². The molecular formula is C7H17NO2. The molecule has 3 heteroatoms. The van der Waals surface area contributed by atoms with Gasteiger partial charge in [-0.25, -0.2) is 0 Å². The highest BCUT2D eigenvalue weighted by Gasteiger charge is 1.99. The van der Waals surface area contributed by atoms with Crippen molar-refractivity contribution in [1.29, 1.82) is 0 Å². The van der Waals surface area contributed by atoms with Crippen LogP contribution in [0.15, 0.2) is 0 Å². The summed E-state index contributed by atoms with van der Waals surface area (Å²) in [5.41, 5.74) is 5.14. The van der Waals surface area contributed by atoms with Gasteiger partial charge >= 0.3 is 0 Å². The Balaban J connectivity index is 2.97. The van der Waals surface area contributed by atoms with Gasteiger partial charge in [-0.05, 0) is 12.3 Å². The maximum atomic E-state index is 5.14. The molecule has 0 spiro atoms. The normalized spacial score (nSPS) is 13.5. The summed E-state index contributed by atoms with van der Waals surface area (Å²) in [5, 5.41) is 0. The first kappa shape index (κ1) is 9.88. The molecule has 0 saturated heterocycles. The highest BCUT2D eigenvalue weighted by atomic mass is 16.5. The summed E-state index contributed by atoms with van der Waals surface area (Å²) in [7, 11) is 1.71. The van der Waals surface area contributed by atoms with Gasteiger partial charge in [-0.15, -0.1) is 0 Å². The molecule has 0 aliphatic heterocycles. The quantitative estimate of drug-likeness (QED) is 0.442. The molecule has 0 aliphatic carbocycles. The zero-order valence-electron chi connectivity index (χ0n) is 6.80. The molecule has 0 fully saturated rings. The van der Waals surface area contributed by atoms with E-state index in [2.05, 4.69) is 6.92 Å². The Bertz CT molecular complexity index is 68.6. The standard InChI is InChI=1S/C7H17NO2/c1-7(5-9-2)3-4-10-6-8/h7H,3-6,8H2,1-2H3. The van der Waals surface area contributed by atoms with Gasteiger partial charge in [-0.2, -0.15) is 0 Å². The van der Waals surface area contributed by atoms with Crippen LogP contribution in [0.3, 0.4) is 0 Å². The molecule has 0 aromatic heterocycles. The third-order valence-electron chi connectivity index (χ3n) is 1.32. The molecule has 0 amide bonds. The van der Waals surface area contributed by atoms with E-state index in [0.29, 0.717) is 12.6 Å². The minimum absolute atomic E-state index is 0.319. The van der Waals surface area contributed by atoms with Crippen LogP contribution in [-0.4, -0.2) is 27.1 Å². The molecule has 1 atom stereocenters. The van der Waals surface area contributed by atoms with E-state index >= 15 is 0 Å². The Morgan fingerprint density at radius 1 is 1.50 bits per heavy atom. The van der Waals surface area contributed by atoms with Crippen LogP contribution in [0.25, 0.3) is 0 Å². The molecule has 0 heterocycles. The third kappa shape index (κ3) is 6.01. The van der Waals surface area contributed by atoms with Crippen LogP contribution < -0.4 is 5.73 Å². The zero-order chi connectivity index (χ0) is 7.82. The lowest BCUT2D eigenvalue weighted by Crippen LogP contribution is -2.11. The Morgan fingerprint density at radius 2 is 2.20 bits per heavy atom. The van der Waals surface area contributed by atoms with E-state index < -0.39 is 0 Å². The van der Waals surface area contributed by atoms with Crippen LogP contribution in [0.5, 0.6) is 0 Å². The molecule has 1 unspecified atom stereocenters. The van der Waals surface area contributed by atoms with Crippen molar-refractivity contribution in [1.82, 2.24) is 0 Å². The van der Waals surface area contributed by atoms with Crippen molar-refractivity contribution in [2.24, 2.45) is 11.7 Å². The molecule has 0 aromatic rings. The fourth-order valence-electron chi connectivity index (χ4n) is 0.736. The number of ether oxygens (including phenoxy) is 2. The lowest BCUT2D eigenvalue weighted by atomic mass is 10.1. The summed E-state index contributed by atoms with van der Waals surface area (Å²) in [4.78, 5) is 0.